The van der Waals surface area contributed by atoms with Gasteiger partial charge in [-0.1, -0.05) is 41.6 Å². The summed E-state index contributed by atoms with van der Waals surface area (Å²) in [5, 5.41) is 4.05. The summed E-state index contributed by atoms with van der Waals surface area (Å²) in [6, 6.07) is 11.2. The van der Waals surface area contributed by atoms with Gasteiger partial charge in [0.2, 0.25) is 5.91 Å². The highest BCUT2D eigenvalue weighted by Gasteiger charge is 2.12. The predicted octanol–water partition coefficient (Wildman–Crippen LogP) is 4.00. The van der Waals surface area contributed by atoms with Crippen LogP contribution >= 0.6 is 23.4 Å². The van der Waals surface area contributed by atoms with Gasteiger partial charge in [-0.15, -0.1) is 6.58 Å². The zero-order valence-electron chi connectivity index (χ0n) is 12.8. The van der Waals surface area contributed by atoms with Crippen molar-refractivity contribution in [3.05, 3.63) is 60.3 Å². The zero-order chi connectivity index (χ0) is 16.9. The molecule has 3 aromatic rings. The first-order chi connectivity index (χ1) is 11.7. The monoisotopic (exact) mass is 358 g/mol. The molecule has 2 heterocycles. The van der Waals surface area contributed by atoms with Gasteiger partial charge in [-0.25, -0.2) is 9.97 Å². The van der Waals surface area contributed by atoms with Crippen molar-refractivity contribution in [1.29, 1.82) is 0 Å². The van der Waals surface area contributed by atoms with Crippen molar-refractivity contribution in [1.82, 2.24) is 14.5 Å². The summed E-state index contributed by atoms with van der Waals surface area (Å²) in [6.07, 6.45) is 3.31. The van der Waals surface area contributed by atoms with Crippen LogP contribution in [-0.2, 0) is 11.3 Å². The molecule has 0 aliphatic carbocycles. The van der Waals surface area contributed by atoms with E-state index in [0.717, 1.165) is 16.2 Å². The van der Waals surface area contributed by atoms with Gasteiger partial charge in [0.15, 0.2) is 5.16 Å². The third-order valence-electron chi connectivity index (χ3n) is 3.26. The van der Waals surface area contributed by atoms with E-state index in [0.29, 0.717) is 17.4 Å². The number of nitrogens with one attached hydrogen (secondary N) is 1. The minimum absolute atomic E-state index is 0.146. The van der Waals surface area contributed by atoms with Gasteiger partial charge in [-0.2, -0.15) is 0 Å². The maximum atomic E-state index is 12.1. The number of carbonyl (C=O) groups excluding carboxylic acids is 1. The number of aromatic nitrogens is 3. The number of nitrogens with zero attached hydrogens (tertiary/aromatic N) is 3. The molecule has 0 radical (unpaired) electrons. The molecule has 5 nitrogen and oxygen atoms in total. The lowest BCUT2D eigenvalue weighted by molar-refractivity contribution is -0.113. The molecular formula is C17H15ClN4OS. The van der Waals surface area contributed by atoms with Gasteiger partial charge >= 0.3 is 0 Å². The van der Waals surface area contributed by atoms with E-state index in [1.54, 1.807) is 12.1 Å². The van der Waals surface area contributed by atoms with Crippen molar-refractivity contribution in [2.45, 2.75) is 11.7 Å². The van der Waals surface area contributed by atoms with Gasteiger partial charge in [0.25, 0.3) is 0 Å². The van der Waals surface area contributed by atoms with Crippen molar-refractivity contribution in [3.63, 3.8) is 0 Å². The van der Waals surface area contributed by atoms with E-state index in [4.69, 9.17) is 11.6 Å². The highest BCUT2D eigenvalue weighted by Crippen LogP contribution is 2.24. The second kappa shape index (κ2) is 7.51. The number of amides is 1. The Morgan fingerprint density at radius 1 is 1.33 bits per heavy atom. The van der Waals surface area contributed by atoms with Crippen LogP contribution in [0, 0.1) is 0 Å². The van der Waals surface area contributed by atoms with Crippen LogP contribution in [0.5, 0.6) is 0 Å². The maximum Gasteiger partial charge on any atom is 0.236 e. The molecule has 7 heteroatoms. The lowest BCUT2D eigenvalue weighted by Crippen LogP contribution is -2.15. The second-order valence-electron chi connectivity index (χ2n) is 4.98. The molecule has 1 aromatic carbocycles. The Morgan fingerprint density at radius 2 is 2.17 bits per heavy atom. The first-order valence-corrected chi connectivity index (χ1v) is 8.64. The summed E-state index contributed by atoms with van der Waals surface area (Å²) >= 11 is 7.16. The van der Waals surface area contributed by atoms with Crippen LogP contribution in [0.15, 0.2) is 60.4 Å². The predicted molar refractivity (Wildman–Crippen MR) is 98.5 cm³/mol. The Hall–Kier alpha value is -2.31. The molecule has 3 rings (SSSR count). The van der Waals surface area contributed by atoms with Crippen LogP contribution in [0.2, 0.25) is 5.02 Å². The van der Waals surface area contributed by atoms with Crippen LogP contribution in [0.25, 0.3) is 11.0 Å². The molecule has 0 atom stereocenters. The van der Waals surface area contributed by atoms with Gasteiger partial charge in [0, 0.05) is 12.7 Å². The van der Waals surface area contributed by atoms with Crippen LogP contribution in [-0.4, -0.2) is 26.2 Å². The molecule has 0 saturated carbocycles. The van der Waals surface area contributed by atoms with Crippen LogP contribution in [0.4, 0.5) is 5.82 Å². The van der Waals surface area contributed by atoms with E-state index in [9.17, 15) is 4.79 Å². The average molecular weight is 359 g/mol. The van der Waals surface area contributed by atoms with Crippen molar-refractivity contribution in [2.75, 3.05) is 11.1 Å². The van der Waals surface area contributed by atoms with Crippen molar-refractivity contribution in [2.24, 2.45) is 0 Å². The second-order valence-corrected chi connectivity index (χ2v) is 6.36. The van der Waals surface area contributed by atoms with Crippen LogP contribution in [0.1, 0.15) is 0 Å². The lowest BCUT2D eigenvalue weighted by atomic mass is 10.3. The Kier molecular flexibility index (Phi) is 5.17. The van der Waals surface area contributed by atoms with Crippen LogP contribution in [0.3, 0.4) is 0 Å². The van der Waals surface area contributed by atoms with Gasteiger partial charge in [-0.05, 0) is 24.3 Å². The van der Waals surface area contributed by atoms with E-state index in [-0.39, 0.29) is 11.7 Å². The summed E-state index contributed by atoms with van der Waals surface area (Å²) in [4.78, 5) is 20.7. The molecule has 0 unspecified atom stereocenters. The molecule has 0 spiro atoms. The number of halogens is 1. The fourth-order valence-corrected chi connectivity index (χ4v) is 3.16. The number of fused-ring (bicyclic) bond motifs is 1. The first kappa shape index (κ1) is 16.5. The Balaban J connectivity index is 1.70. The highest BCUT2D eigenvalue weighted by molar-refractivity contribution is 7.99. The smallest absolute Gasteiger partial charge is 0.236 e. The molecule has 1 amide bonds. The SMILES string of the molecule is C=CCn1c(SCC(=O)Nc2ccc(Cl)cn2)nc2ccccc21. The third-order valence-corrected chi connectivity index (χ3v) is 4.46. The highest BCUT2D eigenvalue weighted by atomic mass is 35.5. The minimum atomic E-state index is -0.146. The third kappa shape index (κ3) is 3.77. The largest absolute Gasteiger partial charge is 0.315 e. The Labute approximate surface area is 148 Å². The normalized spacial score (nSPS) is 10.7. The molecule has 1 N–H and O–H groups in total. The standard InChI is InChI=1S/C17H15ClN4OS/c1-2-9-22-14-6-4-3-5-13(14)20-17(22)24-11-16(23)21-15-8-7-12(18)10-19-15/h2-8,10H,1,9,11H2,(H,19,21,23). The number of anilines is 1. The number of benzene rings is 1. The number of para-hydroxylation sites is 2. The molecule has 0 fully saturated rings. The van der Waals surface area contributed by atoms with E-state index < -0.39 is 0 Å². The number of hydrogen-bond donors (Lipinski definition) is 1. The quantitative estimate of drug-likeness (QED) is 0.534. The topological polar surface area (TPSA) is 59.8 Å². The lowest BCUT2D eigenvalue weighted by Gasteiger charge is -2.06. The van der Waals surface area contributed by atoms with Gasteiger partial charge in [0.1, 0.15) is 5.82 Å². The fourth-order valence-electron chi connectivity index (χ4n) is 2.23. The van der Waals surface area contributed by atoms with E-state index in [1.807, 2.05) is 34.9 Å². The molecule has 2 aromatic heterocycles. The number of rotatable bonds is 6. The fraction of sp³-hybridized carbons (Fsp3) is 0.118. The minimum Gasteiger partial charge on any atom is -0.315 e. The van der Waals surface area contributed by atoms with E-state index in [1.165, 1.54) is 18.0 Å². The van der Waals surface area contributed by atoms with Crippen molar-refractivity contribution in [3.8, 4) is 0 Å². The van der Waals surface area contributed by atoms with E-state index >= 15 is 0 Å². The molecule has 24 heavy (non-hydrogen) atoms. The summed E-state index contributed by atoms with van der Waals surface area (Å²) in [5.74, 6) is 0.571. The Morgan fingerprint density at radius 3 is 2.92 bits per heavy atom. The first-order valence-electron chi connectivity index (χ1n) is 7.28. The summed E-state index contributed by atoms with van der Waals surface area (Å²) in [7, 11) is 0. The molecular weight excluding hydrogens is 344 g/mol. The van der Waals surface area contributed by atoms with E-state index in [2.05, 4.69) is 21.9 Å². The number of allylic oxidation sites excluding steroid dienone is 1. The van der Waals surface area contributed by atoms with Gasteiger partial charge in [0.05, 0.1) is 21.8 Å². The summed E-state index contributed by atoms with van der Waals surface area (Å²) < 4.78 is 2.04. The average Bonchev–Trinajstić information content (AvgIpc) is 2.93. The number of thioether (sulfide) groups is 1. The van der Waals surface area contributed by atoms with Crippen molar-refractivity contribution < 1.29 is 4.79 Å². The van der Waals surface area contributed by atoms with Gasteiger partial charge in [-0.3, -0.25) is 4.79 Å². The number of imidazole rings is 1. The molecule has 0 saturated heterocycles. The molecule has 122 valence electrons. The van der Waals surface area contributed by atoms with Crippen molar-refractivity contribution >= 4 is 46.1 Å². The Bertz CT molecular complexity index is 876. The molecule has 0 bridgehead atoms. The maximum absolute atomic E-state index is 12.1. The number of hydrogen-bond acceptors (Lipinski definition) is 4. The number of carbonyl (C=O) groups is 1. The summed E-state index contributed by atoms with van der Waals surface area (Å²) in [6.45, 7) is 4.43. The summed E-state index contributed by atoms with van der Waals surface area (Å²) in [5.41, 5.74) is 1.93. The number of pyridine rings is 1. The zero-order valence-corrected chi connectivity index (χ0v) is 14.3. The van der Waals surface area contributed by atoms with Crippen LogP contribution < -0.4 is 5.32 Å². The van der Waals surface area contributed by atoms with Gasteiger partial charge < -0.3 is 9.88 Å². The molecule has 0 aliphatic heterocycles. The molecule has 0 aliphatic rings.